The first-order valence-corrected chi connectivity index (χ1v) is 8.51. The van der Waals surface area contributed by atoms with Crippen LogP contribution in [0.1, 0.15) is 48.0 Å². The van der Waals surface area contributed by atoms with Crippen LogP contribution in [0.3, 0.4) is 0 Å². The Bertz CT molecular complexity index is 512. The second-order valence-corrected chi connectivity index (χ2v) is 6.61. The molecule has 1 aromatic rings. The summed E-state index contributed by atoms with van der Waals surface area (Å²) in [6.45, 7) is 5.44. The van der Waals surface area contributed by atoms with Crippen molar-refractivity contribution in [2.75, 3.05) is 26.2 Å². The number of aromatic carboxylic acids is 1. The molecule has 2 aliphatic rings. The van der Waals surface area contributed by atoms with E-state index in [1.165, 1.54) is 38.6 Å². The van der Waals surface area contributed by atoms with Crippen molar-refractivity contribution in [2.45, 2.75) is 44.7 Å². The molecule has 22 heavy (non-hydrogen) atoms. The Balaban J connectivity index is 1.57. The summed E-state index contributed by atoms with van der Waals surface area (Å²) in [7, 11) is 0. The van der Waals surface area contributed by atoms with Crippen molar-refractivity contribution in [3.05, 3.63) is 35.4 Å². The Morgan fingerprint density at radius 3 is 2.68 bits per heavy atom. The van der Waals surface area contributed by atoms with E-state index in [0.717, 1.165) is 37.8 Å². The lowest BCUT2D eigenvalue weighted by atomic mass is 10.1. The van der Waals surface area contributed by atoms with Gasteiger partial charge in [-0.1, -0.05) is 25.0 Å². The van der Waals surface area contributed by atoms with Crippen molar-refractivity contribution in [1.82, 2.24) is 9.80 Å². The highest BCUT2D eigenvalue weighted by molar-refractivity contribution is 5.87. The maximum Gasteiger partial charge on any atom is 0.335 e. The molecule has 1 aliphatic heterocycles. The minimum atomic E-state index is -0.842. The first kappa shape index (κ1) is 15.5. The van der Waals surface area contributed by atoms with Gasteiger partial charge in [0.1, 0.15) is 0 Å². The fourth-order valence-electron chi connectivity index (χ4n) is 3.84. The topological polar surface area (TPSA) is 43.8 Å². The number of carbonyl (C=O) groups is 1. The summed E-state index contributed by atoms with van der Waals surface area (Å²) in [5.74, 6) is -0.842. The van der Waals surface area contributed by atoms with E-state index >= 15 is 0 Å². The van der Waals surface area contributed by atoms with Gasteiger partial charge in [0.15, 0.2) is 0 Å². The molecule has 1 aromatic carbocycles. The lowest BCUT2D eigenvalue weighted by Gasteiger charge is -2.27. The standard InChI is InChI=1S/C18H26N2O2/c21-18(22)16-6-3-5-15(13-16)14-19-9-4-10-20(12-11-19)17-7-1-2-8-17/h3,5-6,13,17H,1-2,4,7-12,14H2,(H,21,22). The molecule has 0 spiro atoms. The van der Waals surface area contributed by atoms with Crippen molar-refractivity contribution >= 4 is 5.97 Å². The molecule has 4 nitrogen and oxygen atoms in total. The predicted molar refractivity (Wildman–Crippen MR) is 87.1 cm³/mol. The summed E-state index contributed by atoms with van der Waals surface area (Å²) >= 11 is 0. The smallest absolute Gasteiger partial charge is 0.335 e. The van der Waals surface area contributed by atoms with Gasteiger partial charge in [-0.2, -0.15) is 0 Å². The summed E-state index contributed by atoms with van der Waals surface area (Å²) in [5.41, 5.74) is 1.49. The molecular weight excluding hydrogens is 276 g/mol. The van der Waals surface area contributed by atoms with Crippen molar-refractivity contribution in [3.63, 3.8) is 0 Å². The summed E-state index contributed by atoms with van der Waals surface area (Å²) in [4.78, 5) is 16.2. The monoisotopic (exact) mass is 302 g/mol. The number of hydrogen-bond donors (Lipinski definition) is 1. The van der Waals surface area contributed by atoms with Gasteiger partial charge in [0.25, 0.3) is 0 Å². The lowest BCUT2D eigenvalue weighted by molar-refractivity contribution is 0.0696. The van der Waals surface area contributed by atoms with Crippen LogP contribution in [0.15, 0.2) is 24.3 Å². The number of carboxylic acids is 1. The number of hydrogen-bond acceptors (Lipinski definition) is 3. The van der Waals surface area contributed by atoms with Gasteiger partial charge in [0.05, 0.1) is 5.56 Å². The van der Waals surface area contributed by atoms with E-state index in [2.05, 4.69) is 9.80 Å². The first-order chi connectivity index (χ1) is 10.7. The Hall–Kier alpha value is -1.39. The molecule has 0 aromatic heterocycles. The third kappa shape index (κ3) is 3.87. The fourth-order valence-corrected chi connectivity index (χ4v) is 3.84. The highest BCUT2D eigenvalue weighted by Crippen LogP contribution is 2.24. The molecule has 1 heterocycles. The molecule has 0 radical (unpaired) electrons. The molecule has 0 unspecified atom stereocenters. The highest BCUT2D eigenvalue weighted by atomic mass is 16.4. The van der Waals surface area contributed by atoms with Crippen molar-refractivity contribution < 1.29 is 9.90 Å². The Kier molecular flexibility index (Phi) is 5.11. The molecule has 3 rings (SSSR count). The highest BCUT2D eigenvalue weighted by Gasteiger charge is 2.24. The predicted octanol–water partition coefficient (Wildman–Crippen LogP) is 2.84. The van der Waals surface area contributed by atoms with Crippen LogP contribution in [0.4, 0.5) is 0 Å². The van der Waals surface area contributed by atoms with Crippen LogP contribution in [0.5, 0.6) is 0 Å². The number of rotatable bonds is 4. The van der Waals surface area contributed by atoms with Crippen LogP contribution in [0, 0.1) is 0 Å². The third-order valence-electron chi connectivity index (χ3n) is 5.04. The van der Waals surface area contributed by atoms with E-state index in [4.69, 9.17) is 5.11 Å². The average Bonchev–Trinajstić information content (AvgIpc) is 2.95. The molecule has 1 aliphatic carbocycles. The minimum absolute atomic E-state index is 0.389. The quantitative estimate of drug-likeness (QED) is 0.929. The van der Waals surface area contributed by atoms with Gasteiger partial charge in [0, 0.05) is 25.7 Å². The Morgan fingerprint density at radius 1 is 1.09 bits per heavy atom. The average molecular weight is 302 g/mol. The molecule has 1 N–H and O–H groups in total. The molecule has 120 valence electrons. The molecule has 0 amide bonds. The molecule has 4 heteroatoms. The molecule has 0 bridgehead atoms. The largest absolute Gasteiger partial charge is 0.478 e. The van der Waals surface area contributed by atoms with Crippen molar-refractivity contribution in [1.29, 1.82) is 0 Å². The SMILES string of the molecule is O=C(O)c1cccc(CN2CCCN(C3CCCC3)CC2)c1. The van der Waals surface area contributed by atoms with Gasteiger partial charge in [-0.25, -0.2) is 4.79 Å². The van der Waals surface area contributed by atoms with E-state index in [1.54, 1.807) is 6.07 Å². The lowest BCUT2D eigenvalue weighted by Crippen LogP contribution is -2.36. The molecule has 2 fully saturated rings. The van der Waals surface area contributed by atoms with Crippen LogP contribution in [0.25, 0.3) is 0 Å². The Labute approximate surface area is 132 Å². The summed E-state index contributed by atoms with van der Waals surface area (Å²) < 4.78 is 0. The summed E-state index contributed by atoms with van der Waals surface area (Å²) in [6, 6.07) is 8.17. The molecule has 0 atom stereocenters. The third-order valence-corrected chi connectivity index (χ3v) is 5.04. The van der Waals surface area contributed by atoms with Gasteiger partial charge < -0.3 is 5.11 Å². The number of carboxylic acid groups (broad SMARTS) is 1. The second kappa shape index (κ2) is 7.25. The van der Waals surface area contributed by atoms with Crippen LogP contribution in [-0.2, 0) is 6.54 Å². The van der Waals surface area contributed by atoms with E-state index in [0.29, 0.717) is 5.56 Å². The molecule has 1 saturated heterocycles. The number of benzene rings is 1. The van der Waals surface area contributed by atoms with Crippen molar-refractivity contribution in [3.8, 4) is 0 Å². The summed E-state index contributed by atoms with van der Waals surface area (Å²) in [6.07, 6.45) is 6.76. The normalized spacial score (nSPS) is 21.8. The first-order valence-electron chi connectivity index (χ1n) is 8.51. The van der Waals surface area contributed by atoms with E-state index in [-0.39, 0.29) is 0 Å². The zero-order valence-corrected chi connectivity index (χ0v) is 13.2. The number of nitrogens with zero attached hydrogens (tertiary/aromatic N) is 2. The van der Waals surface area contributed by atoms with E-state index in [9.17, 15) is 4.79 Å². The van der Waals surface area contributed by atoms with Gasteiger partial charge in [-0.05, 0) is 50.0 Å². The van der Waals surface area contributed by atoms with Crippen LogP contribution >= 0.6 is 0 Å². The van der Waals surface area contributed by atoms with E-state index in [1.807, 2.05) is 18.2 Å². The second-order valence-electron chi connectivity index (χ2n) is 6.61. The maximum atomic E-state index is 11.1. The maximum absolute atomic E-state index is 11.1. The van der Waals surface area contributed by atoms with Gasteiger partial charge >= 0.3 is 5.97 Å². The van der Waals surface area contributed by atoms with E-state index < -0.39 is 5.97 Å². The Morgan fingerprint density at radius 2 is 1.91 bits per heavy atom. The van der Waals surface area contributed by atoms with Crippen LogP contribution in [-0.4, -0.2) is 53.1 Å². The van der Waals surface area contributed by atoms with Gasteiger partial charge in [-0.3, -0.25) is 9.80 Å². The molecule has 1 saturated carbocycles. The zero-order valence-electron chi connectivity index (χ0n) is 13.2. The van der Waals surface area contributed by atoms with Crippen molar-refractivity contribution in [2.24, 2.45) is 0 Å². The van der Waals surface area contributed by atoms with Gasteiger partial charge in [0.2, 0.25) is 0 Å². The zero-order chi connectivity index (χ0) is 15.4. The van der Waals surface area contributed by atoms with Crippen LogP contribution in [0.2, 0.25) is 0 Å². The minimum Gasteiger partial charge on any atom is -0.478 e. The fraction of sp³-hybridized carbons (Fsp3) is 0.611. The van der Waals surface area contributed by atoms with Crippen LogP contribution < -0.4 is 0 Å². The summed E-state index contributed by atoms with van der Waals surface area (Å²) in [5, 5.41) is 9.10. The van der Waals surface area contributed by atoms with Gasteiger partial charge in [-0.15, -0.1) is 0 Å². The molecular formula is C18H26N2O2.